The van der Waals surface area contributed by atoms with Crippen LogP contribution in [0.25, 0.3) is 21.2 Å². The van der Waals surface area contributed by atoms with Crippen LogP contribution in [-0.2, 0) is 0 Å². The van der Waals surface area contributed by atoms with Gasteiger partial charge in [0.05, 0.1) is 7.11 Å². The van der Waals surface area contributed by atoms with E-state index in [1.54, 1.807) is 18.4 Å². The Morgan fingerprint density at radius 2 is 1.82 bits per heavy atom. The third-order valence-electron chi connectivity index (χ3n) is 2.85. The molecule has 0 radical (unpaired) electrons. The number of methoxy groups -OCH3 is 1. The summed E-state index contributed by atoms with van der Waals surface area (Å²) in [6.45, 7) is 0. The van der Waals surface area contributed by atoms with Crippen LogP contribution in [0.15, 0.2) is 53.9 Å². The molecule has 1 aromatic heterocycles. The Labute approximate surface area is 104 Å². The first-order chi connectivity index (χ1) is 8.36. The Morgan fingerprint density at radius 1 is 0.941 bits per heavy atom. The molecule has 0 bridgehead atoms. The molecular weight excluding hydrogens is 228 g/mol. The molecule has 0 amide bonds. The van der Waals surface area contributed by atoms with Crippen LogP contribution in [0, 0.1) is 0 Å². The molecule has 84 valence electrons. The largest absolute Gasteiger partial charge is 0.497 e. The summed E-state index contributed by atoms with van der Waals surface area (Å²) in [7, 11) is 1.70. The summed E-state index contributed by atoms with van der Waals surface area (Å²) >= 11 is 1.76. The Kier molecular flexibility index (Phi) is 2.57. The van der Waals surface area contributed by atoms with Crippen LogP contribution in [0.4, 0.5) is 0 Å². The summed E-state index contributed by atoms with van der Waals surface area (Å²) in [6, 6.07) is 16.9. The minimum atomic E-state index is 0.904. The fourth-order valence-corrected chi connectivity index (χ4v) is 2.67. The average molecular weight is 240 g/mol. The third kappa shape index (κ3) is 1.92. The summed E-state index contributed by atoms with van der Waals surface area (Å²) in [5, 5.41) is 4.56. The van der Waals surface area contributed by atoms with Crippen LogP contribution >= 0.6 is 11.3 Å². The summed E-state index contributed by atoms with van der Waals surface area (Å²) in [4.78, 5) is 1.30. The van der Waals surface area contributed by atoms with Gasteiger partial charge < -0.3 is 4.74 Å². The molecule has 1 heterocycles. The SMILES string of the molecule is COc1ccc2ccc(-c3cccs3)cc2c1. The highest BCUT2D eigenvalue weighted by Gasteiger charge is 2.01. The van der Waals surface area contributed by atoms with E-state index in [1.165, 1.54) is 21.2 Å². The second kappa shape index (κ2) is 4.22. The lowest BCUT2D eigenvalue weighted by Gasteiger charge is -2.04. The number of benzene rings is 2. The number of ether oxygens (including phenoxy) is 1. The molecule has 0 saturated carbocycles. The fourth-order valence-electron chi connectivity index (χ4n) is 1.95. The highest BCUT2D eigenvalue weighted by atomic mass is 32.1. The van der Waals surface area contributed by atoms with Gasteiger partial charge in [0, 0.05) is 4.88 Å². The molecule has 0 spiro atoms. The van der Waals surface area contributed by atoms with Crippen molar-refractivity contribution in [1.82, 2.24) is 0 Å². The molecule has 0 saturated heterocycles. The van der Waals surface area contributed by atoms with Gasteiger partial charge in [-0.2, -0.15) is 0 Å². The quantitative estimate of drug-likeness (QED) is 0.637. The molecule has 3 rings (SSSR count). The number of hydrogen-bond donors (Lipinski definition) is 0. The van der Waals surface area contributed by atoms with Gasteiger partial charge in [0.2, 0.25) is 0 Å². The van der Waals surface area contributed by atoms with Crippen molar-refractivity contribution in [2.45, 2.75) is 0 Å². The van der Waals surface area contributed by atoms with Crippen LogP contribution in [-0.4, -0.2) is 7.11 Å². The van der Waals surface area contributed by atoms with E-state index in [0.29, 0.717) is 0 Å². The van der Waals surface area contributed by atoms with Gasteiger partial charge in [0.1, 0.15) is 5.75 Å². The van der Waals surface area contributed by atoms with Crippen molar-refractivity contribution >= 4 is 22.1 Å². The zero-order valence-corrected chi connectivity index (χ0v) is 10.3. The van der Waals surface area contributed by atoms with Gasteiger partial charge in [0.25, 0.3) is 0 Å². The first-order valence-electron chi connectivity index (χ1n) is 5.48. The Balaban J connectivity index is 2.17. The third-order valence-corrected chi connectivity index (χ3v) is 3.77. The number of rotatable bonds is 2. The van der Waals surface area contributed by atoms with Gasteiger partial charge >= 0.3 is 0 Å². The van der Waals surface area contributed by atoms with E-state index in [1.807, 2.05) is 6.07 Å². The molecule has 0 aliphatic heterocycles. The molecule has 2 aromatic carbocycles. The summed E-state index contributed by atoms with van der Waals surface area (Å²) < 4.78 is 5.26. The normalized spacial score (nSPS) is 10.6. The van der Waals surface area contributed by atoms with Crippen LogP contribution in [0.1, 0.15) is 0 Å². The van der Waals surface area contributed by atoms with E-state index in [9.17, 15) is 0 Å². The summed E-state index contributed by atoms with van der Waals surface area (Å²) in [6.07, 6.45) is 0. The number of fused-ring (bicyclic) bond motifs is 1. The van der Waals surface area contributed by atoms with Crippen molar-refractivity contribution < 1.29 is 4.74 Å². The fraction of sp³-hybridized carbons (Fsp3) is 0.0667. The van der Waals surface area contributed by atoms with E-state index in [0.717, 1.165) is 5.75 Å². The first-order valence-corrected chi connectivity index (χ1v) is 6.36. The van der Waals surface area contributed by atoms with Crippen LogP contribution in [0.3, 0.4) is 0 Å². The van der Waals surface area contributed by atoms with Crippen LogP contribution < -0.4 is 4.74 Å². The molecule has 0 aliphatic rings. The van der Waals surface area contributed by atoms with Crippen molar-refractivity contribution in [2.75, 3.05) is 7.11 Å². The lowest BCUT2D eigenvalue weighted by molar-refractivity contribution is 0.415. The highest BCUT2D eigenvalue weighted by molar-refractivity contribution is 7.13. The average Bonchev–Trinajstić information content (AvgIpc) is 2.91. The van der Waals surface area contributed by atoms with Crippen molar-refractivity contribution in [3.63, 3.8) is 0 Å². The van der Waals surface area contributed by atoms with Crippen LogP contribution in [0.5, 0.6) is 5.75 Å². The van der Waals surface area contributed by atoms with Crippen molar-refractivity contribution in [3.8, 4) is 16.2 Å². The highest BCUT2D eigenvalue weighted by Crippen LogP contribution is 2.29. The molecule has 0 atom stereocenters. The Hall–Kier alpha value is -1.80. The molecule has 0 N–H and O–H groups in total. The molecular formula is C15H12OS. The van der Waals surface area contributed by atoms with E-state index in [4.69, 9.17) is 4.74 Å². The second-order valence-electron chi connectivity index (χ2n) is 3.91. The molecule has 17 heavy (non-hydrogen) atoms. The number of thiophene rings is 1. The van der Waals surface area contributed by atoms with Gasteiger partial charge in [-0.15, -0.1) is 11.3 Å². The van der Waals surface area contributed by atoms with Gasteiger partial charge in [-0.3, -0.25) is 0 Å². The van der Waals surface area contributed by atoms with E-state index in [-0.39, 0.29) is 0 Å². The maximum atomic E-state index is 5.26. The first kappa shape index (κ1) is 10.4. The van der Waals surface area contributed by atoms with Gasteiger partial charge in [-0.25, -0.2) is 0 Å². The van der Waals surface area contributed by atoms with Gasteiger partial charge in [-0.05, 0) is 46.0 Å². The number of hydrogen-bond acceptors (Lipinski definition) is 2. The molecule has 1 nitrogen and oxygen atoms in total. The van der Waals surface area contributed by atoms with Crippen molar-refractivity contribution in [2.24, 2.45) is 0 Å². The summed E-state index contributed by atoms with van der Waals surface area (Å²) in [5.41, 5.74) is 1.26. The lowest BCUT2D eigenvalue weighted by atomic mass is 10.1. The van der Waals surface area contributed by atoms with Crippen molar-refractivity contribution in [3.05, 3.63) is 53.9 Å². The second-order valence-corrected chi connectivity index (χ2v) is 4.85. The monoisotopic (exact) mass is 240 g/mol. The Bertz CT molecular complexity index is 641. The predicted octanol–water partition coefficient (Wildman–Crippen LogP) is 4.58. The predicted molar refractivity (Wildman–Crippen MR) is 73.8 cm³/mol. The Morgan fingerprint density at radius 3 is 2.59 bits per heavy atom. The van der Waals surface area contributed by atoms with Gasteiger partial charge in [0.15, 0.2) is 0 Å². The zero-order chi connectivity index (χ0) is 11.7. The molecule has 2 heteroatoms. The molecule has 0 aliphatic carbocycles. The standard InChI is InChI=1S/C15H12OS/c1-16-14-7-6-11-4-5-12(9-13(11)10-14)15-3-2-8-17-15/h2-10H,1H3. The van der Waals surface area contributed by atoms with Gasteiger partial charge in [-0.1, -0.05) is 24.3 Å². The maximum absolute atomic E-state index is 5.26. The van der Waals surface area contributed by atoms with E-state index in [2.05, 4.69) is 47.8 Å². The molecule has 0 unspecified atom stereocenters. The van der Waals surface area contributed by atoms with E-state index >= 15 is 0 Å². The smallest absolute Gasteiger partial charge is 0.119 e. The van der Waals surface area contributed by atoms with E-state index < -0.39 is 0 Å². The topological polar surface area (TPSA) is 9.23 Å². The zero-order valence-electron chi connectivity index (χ0n) is 9.51. The lowest BCUT2D eigenvalue weighted by Crippen LogP contribution is -1.82. The maximum Gasteiger partial charge on any atom is 0.119 e. The molecule has 3 aromatic rings. The molecule has 0 fully saturated rings. The minimum absolute atomic E-state index is 0.904. The summed E-state index contributed by atoms with van der Waals surface area (Å²) in [5.74, 6) is 0.904. The minimum Gasteiger partial charge on any atom is -0.497 e. The van der Waals surface area contributed by atoms with Crippen LogP contribution in [0.2, 0.25) is 0 Å². The van der Waals surface area contributed by atoms with Crippen molar-refractivity contribution in [1.29, 1.82) is 0 Å².